The summed E-state index contributed by atoms with van der Waals surface area (Å²) in [6.45, 7) is 0. The van der Waals surface area contributed by atoms with Gasteiger partial charge in [-0.3, -0.25) is 0 Å². The Morgan fingerprint density at radius 3 is 0.875 bits per heavy atom. The van der Waals surface area contributed by atoms with Gasteiger partial charge >= 0.3 is 0 Å². The summed E-state index contributed by atoms with van der Waals surface area (Å²) < 4.78 is 34.0. The molecule has 0 amide bonds. The molecule has 3 aliphatic carbocycles. The van der Waals surface area contributed by atoms with Gasteiger partial charge < -0.3 is 0 Å². The van der Waals surface area contributed by atoms with E-state index >= 15 is 0 Å². The van der Waals surface area contributed by atoms with E-state index in [9.17, 15) is 0 Å². The van der Waals surface area contributed by atoms with Crippen molar-refractivity contribution in [3.8, 4) is 0 Å². The van der Waals surface area contributed by atoms with Gasteiger partial charge in [-0.2, -0.15) is 0 Å². The molecule has 0 aromatic rings. The first kappa shape index (κ1) is 20.9. The summed E-state index contributed by atoms with van der Waals surface area (Å²) >= 11 is 0. The van der Waals surface area contributed by atoms with E-state index in [1.54, 1.807) is 96.3 Å². The second-order valence-corrected chi connectivity index (χ2v) is 12.1. The van der Waals surface area contributed by atoms with E-state index in [1.165, 1.54) is 17.0 Å². The van der Waals surface area contributed by atoms with E-state index < -0.39 is 10.2 Å². The van der Waals surface area contributed by atoms with Crippen molar-refractivity contribution < 1.29 is 28.9 Å². The number of halogens is 1. The normalized spacial score (nSPS) is 25.4. The minimum absolute atomic E-state index is 0.0465. The molecule has 142 valence electrons. The van der Waals surface area contributed by atoms with Gasteiger partial charge in [0, 0.05) is 7.92 Å². The van der Waals surface area contributed by atoms with Crippen molar-refractivity contribution in [3.05, 3.63) is 0 Å². The molecule has 0 saturated heterocycles. The van der Waals surface area contributed by atoms with E-state index in [4.69, 9.17) is 18.6 Å². The van der Waals surface area contributed by atoms with Crippen LogP contribution in [0.1, 0.15) is 96.3 Å². The molecule has 24 heavy (non-hydrogen) atoms. The number of hydrogen-bond acceptors (Lipinski definition) is 4. The van der Waals surface area contributed by atoms with Crippen LogP contribution in [0.25, 0.3) is 0 Å². The highest BCUT2D eigenvalue weighted by Gasteiger charge is 2.42. The van der Waals surface area contributed by atoms with Gasteiger partial charge in [0.2, 0.25) is 0 Å². The highest BCUT2D eigenvalue weighted by Crippen LogP contribution is 2.61. The van der Waals surface area contributed by atoms with E-state index in [0.29, 0.717) is 0 Å². The van der Waals surface area contributed by atoms with Crippen LogP contribution in [0.4, 0.5) is 0 Å². The molecule has 4 nitrogen and oxygen atoms in total. The Labute approximate surface area is 150 Å². The van der Waals surface area contributed by atoms with E-state index in [2.05, 4.69) is 0 Å². The standard InChI is InChI=1S/C18H33P.ClHO4/c1-4-10-16(11-5-1)19(17-12-6-2-7-13-17)18-14-8-3-9-15-18;2-1(3,4)5/h16-18H,1-15H2;(H,2,3,4,5). The molecule has 6 heteroatoms. The van der Waals surface area contributed by atoms with Gasteiger partial charge in [0.15, 0.2) is 0 Å². The maximum Gasteiger partial charge on any atom is 0.0680 e. The largest absolute Gasteiger partial charge is 0.222 e. The predicted molar refractivity (Wildman–Crippen MR) is 88.9 cm³/mol. The van der Waals surface area contributed by atoms with Gasteiger partial charge in [0.1, 0.15) is 0 Å². The summed E-state index contributed by atoms with van der Waals surface area (Å²) in [5.41, 5.74) is 3.68. The van der Waals surface area contributed by atoms with Crippen molar-refractivity contribution in [2.45, 2.75) is 113 Å². The molecule has 0 aromatic heterocycles. The molecule has 0 atom stereocenters. The minimum atomic E-state index is -4.94. The van der Waals surface area contributed by atoms with Crippen molar-refractivity contribution >= 4 is 7.92 Å². The smallest absolute Gasteiger partial charge is 0.0680 e. The third-order valence-corrected chi connectivity index (χ3v) is 10.8. The average Bonchev–Trinajstić information content (AvgIpc) is 2.57. The maximum atomic E-state index is 8.49. The third kappa shape index (κ3) is 7.85. The van der Waals surface area contributed by atoms with Gasteiger partial charge in [0.05, 0.1) is 17.0 Å². The van der Waals surface area contributed by atoms with Crippen LogP contribution in [0, 0.1) is 10.2 Å². The molecule has 0 unspecified atom stereocenters. The fraction of sp³-hybridized carbons (Fsp3) is 1.00. The average molecular weight is 381 g/mol. The van der Waals surface area contributed by atoms with Crippen LogP contribution in [0.15, 0.2) is 0 Å². The number of hydrogen-bond donors (Lipinski definition) is 0. The van der Waals surface area contributed by atoms with Crippen LogP contribution in [0.3, 0.4) is 0 Å². The molecule has 0 N–H and O–H groups in total. The summed E-state index contributed by atoms with van der Waals surface area (Å²) in [6, 6.07) is 0. The van der Waals surface area contributed by atoms with Crippen LogP contribution >= 0.6 is 7.92 Å². The lowest BCUT2D eigenvalue weighted by atomic mass is 9.99. The Hall–Kier alpha value is 0.560. The molecule has 0 bridgehead atoms. The highest BCUT2D eigenvalue weighted by atomic mass is 35.7. The first-order valence-electron chi connectivity index (χ1n) is 9.93. The van der Waals surface area contributed by atoms with Crippen LogP contribution in [-0.4, -0.2) is 17.0 Å². The van der Waals surface area contributed by atoms with E-state index in [-0.39, 0.29) is 7.92 Å². The topological polar surface area (TPSA) is 92.2 Å². The molecule has 3 rings (SSSR count). The Balaban J connectivity index is 0.000000368. The summed E-state index contributed by atoms with van der Waals surface area (Å²) in [4.78, 5) is 0. The molecule has 0 radical (unpaired) electrons. The summed E-state index contributed by atoms with van der Waals surface area (Å²) in [5.74, 6) is 0. The Kier molecular flexibility index (Phi) is 9.26. The zero-order valence-electron chi connectivity index (χ0n) is 14.8. The van der Waals surface area contributed by atoms with Crippen molar-refractivity contribution in [1.82, 2.24) is 0 Å². The molecule has 0 spiro atoms. The quantitative estimate of drug-likeness (QED) is 0.692. The third-order valence-electron chi connectivity index (χ3n) is 6.23. The van der Waals surface area contributed by atoms with Crippen LogP contribution in [0.2, 0.25) is 0 Å². The molecule has 0 aromatic carbocycles. The molecular weight excluding hydrogens is 347 g/mol. The summed E-state index contributed by atoms with van der Waals surface area (Å²) in [7, 11) is -4.99. The Bertz CT molecular complexity index is 284. The van der Waals surface area contributed by atoms with Crippen molar-refractivity contribution in [1.29, 1.82) is 0 Å². The fourth-order valence-electron chi connectivity index (χ4n) is 5.31. The zero-order valence-corrected chi connectivity index (χ0v) is 16.6. The van der Waals surface area contributed by atoms with Crippen molar-refractivity contribution in [2.24, 2.45) is 0 Å². The predicted octanol–water partition coefficient (Wildman–Crippen LogP) is 1.44. The van der Waals surface area contributed by atoms with Gasteiger partial charge in [-0.05, 0) is 77.0 Å². The van der Waals surface area contributed by atoms with Crippen molar-refractivity contribution in [2.75, 3.05) is 0 Å². The van der Waals surface area contributed by atoms with Crippen molar-refractivity contribution in [3.63, 3.8) is 0 Å². The molecule has 3 aliphatic rings. The molecule has 0 aliphatic heterocycles. The lowest BCUT2D eigenvalue weighted by molar-refractivity contribution is -2.00. The number of rotatable bonds is 3. The van der Waals surface area contributed by atoms with Gasteiger partial charge in [-0.25, -0.2) is 18.6 Å². The molecule has 3 saturated carbocycles. The highest BCUT2D eigenvalue weighted by molar-refractivity contribution is 7.59. The molecule has 3 fully saturated rings. The zero-order chi connectivity index (χ0) is 17.4. The Morgan fingerprint density at radius 1 is 0.458 bits per heavy atom. The summed E-state index contributed by atoms with van der Waals surface area (Å²) in [6.07, 6.45) is 23.8. The molecular formula is C18H34ClO4P. The first-order chi connectivity index (χ1) is 11.4. The van der Waals surface area contributed by atoms with E-state index in [0.717, 1.165) is 0 Å². The van der Waals surface area contributed by atoms with Crippen LogP contribution < -0.4 is 18.6 Å². The van der Waals surface area contributed by atoms with Gasteiger partial charge in [0.25, 0.3) is 0 Å². The van der Waals surface area contributed by atoms with Crippen LogP contribution in [0.5, 0.6) is 0 Å². The lowest BCUT2D eigenvalue weighted by Crippen LogP contribution is -2.68. The fourth-order valence-corrected chi connectivity index (χ4v) is 10.5. The minimum Gasteiger partial charge on any atom is -0.222 e. The van der Waals surface area contributed by atoms with Crippen LogP contribution in [-0.2, 0) is 0 Å². The van der Waals surface area contributed by atoms with E-state index in [1.807, 2.05) is 0 Å². The second kappa shape index (κ2) is 10.6. The summed E-state index contributed by atoms with van der Waals surface area (Å²) in [5, 5.41) is 0. The lowest BCUT2D eigenvalue weighted by Gasteiger charge is -2.38. The second-order valence-electron chi connectivity index (χ2n) is 7.88. The SMILES string of the molecule is C1CCC([PH+](C2CCCCC2)C2CCCCC2)CC1.[O-][Cl+3]([O-])([O-])[O-]. The van der Waals surface area contributed by atoms with Gasteiger partial charge in [-0.15, -0.1) is 10.2 Å². The monoisotopic (exact) mass is 380 g/mol. The van der Waals surface area contributed by atoms with Gasteiger partial charge in [-0.1, -0.05) is 19.3 Å². The molecule has 0 heterocycles. The Morgan fingerprint density at radius 2 is 0.667 bits per heavy atom. The maximum absolute atomic E-state index is 8.49. The first-order valence-corrected chi connectivity index (χ1v) is 12.9.